The minimum atomic E-state index is 0.924. The molecule has 0 amide bonds. The van der Waals surface area contributed by atoms with E-state index < -0.39 is 0 Å². The number of benzene rings is 6. The van der Waals surface area contributed by atoms with Gasteiger partial charge in [-0.2, -0.15) is 0 Å². The number of para-hydroxylation sites is 3. The van der Waals surface area contributed by atoms with Crippen LogP contribution in [0.4, 0.5) is 0 Å². The Labute approximate surface area is 262 Å². The summed E-state index contributed by atoms with van der Waals surface area (Å²) in [5.74, 6) is 0.924. The van der Waals surface area contributed by atoms with Crippen molar-refractivity contribution in [1.29, 1.82) is 0 Å². The third-order valence-electron chi connectivity index (χ3n) is 9.05. The highest BCUT2D eigenvalue weighted by Crippen LogP contribution is 2.42. The van der Waals surface area contributed by atoms with E-state index in [4.69, 9.17) is 9.97 Å². The van der Waals surface area contributed by atoms with E-state index in [-0.39, 0.29) is 0 Å². The quantitative estimate of drug-likeness (QED) is 0.205. The van der Waals surface area contributed by atoms with Gasteiger partial charge < -0.3 is 4.57 Å². The van der Waals surface area contributed by atoms with Gasteiger partial charge in [-0.3, -0.25) is 4.57 Å². The Hall–Kier alpha value is -5.78. The van der Waals surface area contributed by atoms with Crippen molar-refractivity contribution in [3.05, 3.63) is 146 Å². The van der Waals surface area contributed by atoms with Crippen molar-refractivity contribution in [3.8, 4) is 22.6 Å². The fraction of sp³-hybridized carbons (Fsp3) is 0. The van der Waals surface area contributed by atoms with E-state index in [0.717, 1.165) is 38.1 Å². The largest absolute Gasteiger partial charge is 0.309 e. The smallest absolute Gasteiger partial charge is 0.159 e. The number of rotatable bonds is 3. The van der Waals surface area contributed by atoms with Crippen molar-refractivity contribution < 1.29 is 0 Å². The van der Waals surface area contributed by atoms with Crippen molar-refractivity contribution >= 4 is 75.3 Å². The molecule has 0 radical (unpaired) electrons. The molecule has 4 nitrogen and oxygen atoms in total. The normalized spacial score (nSPS) is 12.0. The van der Waals surface area contributed by atoms with Crippen LogP contribution < -0.4 is 0 Å². The highest BCUT2D eigenvalue weighted by atomic mass is 32.1. The van der Waals surface area contributed by atoms with Gasteiger partial charge in [-0.05, 0) is 53.6 Å². The average molecular weight is 593 g/mol. The van der Waals surface area contributed by atoms with Gasteiger partial charge >= 0.3 is 0 Å². The van der Waals surface area contributed by atoms with Gasteiger partial charge in [-0.1, -0.05) is 97.1 Å². The Kier molecular flexibility index (Phi) is 5.12. The molecule has 4 heterocycles. The first-order chi connectivity index (χ1) is 22.3. The second kappa shape index (κ2) is 9.36. The molecule has 6 aromatic carbocycles. The van der Waals surface area contributed by atoms with E-state index in [1.54, 1.807) is 17.7 Å². The van der Waals surface area contributed by atoms with Crippen LogP contribution in [0.1, 0.15) is 0 Å². The molecule has 45 heavy (non-hydrogen) atoms. The molecule has 0 fully saturated rings. The number of thiophene rings is 1. The zero-order valence-electron chi connectivity index (χ0n) is 24.1. The first kappa shape index (κ1) is 24.6. The molecule has 0 saturated heterocycles. The van der Waals surface area contributed by atoms with Crippen molar-refractivity contribution in [3.63, 3.8) is 0 Å². The summed E-state index contributed by atoms with van der Waals surface area (Å²) in [5.41, 5.74) is 9.23. The van der Waals surface area contributed by atoms with Crippen LogP contribution in [0.2, 0.25) is 0 Å². The van der Waals surface area contributed by atoms with Crippen molar-refractivity contribution in [2.75, 3.05) is 0 Å². The third kappa shape index (κ3) is 3.53. The maximum absolute atomic E-state index is 4.91. The molecule has 0 aliphatic rings. The average Bonchev–Trinajstić information content (AvgIpc) is 3.75. The van der Waals surface area contributed by atoms with Gasteiger partial charge in [0.05, 0.1) is 32.3 Å². The van der Waals surface area contributed by atoms with Crippen LogP contribution in [0.5, 0.6) is 0 Å². The molecule has 0 N–H and O–H groups in total. The SMILES string of the molecule is c1ccc(-c2ccc(-n3c4ccccc4c4cc5sc6c(-n7c8ccccc8c8ccccc87)ncnc6c5cc43)cc2)cc1. The zero-order valence-corrected chi connectivity index (χ0v) is 24.9. The standard InChI is InChI=1S/C40H24N4S/c1-2-10-25(11-3-1)26-18-20-27(21-19-26)43-33-15-7-6-14-30(33)31-23-37-32(22-36(31)43)38-39(45-37)40(42-24-41-38)44-34-16-8-4-12-28(34)29-13-5-9-17-35(29)44/h1-24H. The lowest BCUT2D eigenvalue weighted by atomic mass is 10.1. The molecule has 10 aromatic rings. The second-order valence-electron chi connectivity index (χ2n) is 11.5. The summed E-state index contributed by atoms with van der Waals surface area (Å²) in [6.45, 7) is 0. The van der Waals surface area contributed by atoms with Gasteiger partial charge in [0.25, 0.3) is 0 Å². The molecule has 0 bridgehead atoms. The topological polar surface area (TPSA) is 35.6 Å². The first-order valence-electron chi connectivity index (χ1n) is 15.1. The molecule has 0 aliphatic carbocycles. The van der Waals surface area contributed by atoms with Crippen LogP contribution in [0, 0.1) is 0 Å². The van der Waals surface area contributed by atoms with Crippen LogP contribution in [-0.4, -0.2) is 19.1 Å². The second-order valence-corrected chi connectivity index (χ2v) is 12.5. The van der Waals surface area contributed by atoms with E-state index in [9.17, 15) is 0 Å². The summed E-state index contributed by atoms with van der Waals surface area (Å²) in [5, 5.41) is 6.09. The molecule has 0 spiro atoms. The lowest BCUT2D eigenvalue weighted by Gasteiger charge is -2.09. The predicted molar refractivity (Wildman–Crippen MR) is 189 cm³/mol. The van der Waals surface area contributed by atoms with Crippen LogP contribution in [0.15, 0.2) is 146 Å². The molecular weight excluding hydrogens is 569 g/mol. The Morgan fingerprint density at radius 1 is 0.444 bits per heavy atom. The van der Waals surface area contributed by atoms with Crippen molar-refractivity contribution in [2.45, 2.75) is 0 Å². The Morgan fingerprint density at radius 3 is 1.71 bits per heavy atom. The van der Waals surface area contributed by atoms with Gasteiger partial charge in [0.2, 0.25) is 0 Å². The van der Waals surface area contributed by atoms with Crippen molar-refractivity contribution in [2.24, 2.45) is 0 Å². The summed E-state index contributed by atoms with van der Waals surface area (Å²) in [6, 6.07) is 50.0. The summed E-state index contributed by atoms with van der Waals surface area (Å²) < 4.78 is 6.99. The molecule has 4 aromatic heterocycles. The van der Waals surface area contributed by atoms with Gasteiger partial charge in [0, 0.05) is 37.3 Å². The van der Waals surface area contributed by atoms with Gasteiger partial charge in [0.1, 0.15) is 6.33 Å². The molecule has 0 unspecified atom stereocenters. The Balaban J connectivity index is 1.24. The van der Waals surface area contributed by atoms with Crippen LogP contribution in [0.25, 0.3) is 86.5 Å². The number of fused-ring (bicyclic) bond motifs is 9. The molecule has 0 aliphatic heterocycles. The first-order valence-corrected chi connectivity index (χ1v) is 15.9. The minimum Gasteiger partial charge on any atom is -0.309 e. The molecular formula is C40H24N4S. The molecule has 210 valence electrons. The van der Waals surface area contributed by atoms with Gasteiger partial charge in [0.15, 0.2) is 5.82 Å². The highest BCUT2D eigenvalue weighted by Gasteiger charge is 2.20. The van der Waals surface area contributed by atoms with Gasteiger partial charge in [-0.25, -0.2) is 9.97 Å². The lowest BCUT2D eigenvalue weighted by Crippen LogP contribution is -1.98. The number of hydrogen-bond donors (Lipinski definition) is 0. The third-order valence-corrected chi connectivity index (χ3v) is 10.2. The Morgan fingerprint density at radius 2 is 1.02 bits per heavy atom. The van der Waals surface area contributed by atoms with Crippen molar-refractivity contribution in [1.82, 2.24) is 19.1 Å². The van der Waals surface area contributed by atoms with Crippen LogP contribution in [0.3, 0.4) is 0 Å². The monoisotopic (exact) mass is 592 g/mol. The molecule has 0 saturated carbocycles. The van der Waals surface area contributed by atoms with Crippen LogP contribution in [-0.2, 0) is 0 Å². The summed E-state index contributed by atoms with van der Waals surface area (Å²) in [4.78, 5) is 9.79. The van der Waals surface area contributed by atoms with E-state index in [2.05, 4.69) is 149 Å². The number of hydrogen-bond acceptors (Lipinski definition) is 3. The number of aromatic nitrogens is 4. The van der Waals surface area contributed by atoms with E-state index >= 15 is 0 Å². The van der Waals surface area contributed by atoms with E-state index in [0.29, 0.717) is 0 Å². The predicted octanol–water partition coefficient (Wildman–Crippen LogP) is 10.7. The van der Waals surface area contributed by atoms with E-state index in [1.807, 2.05) is 0 Å². The number of nitrogens with zero attached hydrogens (tertiary/aromatic N) is 4. The lowest BCUT2D eigenvalue weighted by molar-refractivity contribution is 1.08. The van der Waals surface area contributed by atoms with E-state index in [1.165, 1.54) is 48.4 Å². The van der Waals surface area contributed by atoms with Gasteiger partial charge in [-0.15, -0.1) is 11.3 Å². The highest BCUT2D eigenvalue weighted by molar-refractivity contribution is 7.26. The summed E-state index contributed by atoms with van der Waals surface area (Å²) in [6.07, 6.45) is 1.72. The van der Waals surface area contributed by atoms with Crippen LogP contribution >= 0.6 is 11.3 Å². The summed E-state index contributed by atoms with van der Waals surface area (Å²) >= 11 is 1.78. The zero-order chi connectivity index (χ0) is 29.5. The molecule has 5 heteroatoms. The maximum Gasteiger partial charge on any atom is 0.159 e. The Bertz CT molecular complexity index is 2700. The molecule has 10 rings (SSSR count). The molecule has 0 atom stereocenters. The fourth-order valence-electron chi connectivity index (χ4n) is 7.05. The maximum atomic E-state index is 4.91. The summed E-state index contributed by atoms with van der Waals surface area (Å²) in [7, 11) is 0. The minimum absolute atomic E-state index is 0.924. The fourth-order valence-corrected chi connectivity index (χ4v) is 8.20.